The number of hydrogen-bond acceptors (Lipinski definition) is 3. The molecule has 0 aromatic heterocycles. The van der Waals surface area contributed by atoms with Crippen LogP contribution in [0.25, 0.3) is 0 Å². The van der Waals surface area contributed by atoms with Gasteiger partial charge in [-0.2, -0.15) is 0 Å². The lowest BCUT2D eigenvalue weighted by molar-refractivity contribution is -0.131. The molecule has 1 amide bonds. The van der Waals surface area contributed by atoms with E-state index in [1.54, 1.807) is 19.1 Å². The Bertz CT molecular complexity index is 246. The number of rotatable bonds is 3. The summed E-state index contributed by atoms with van der Waals surface area (Å²) in [5.74, 6) is -0.0625. The first-order valence-corrected chi connectivity index (χ1v) is 5.18. The molecule has 0 aromatic rings. The van der Waals surface area contributed by atoms with Crippen molar-refractivity contribution in [1.82, 2.24) is 10.4 Å². The SMILES string of the molecule is CN(C)NC(=O)C1(C(N)=S)CCCC1. The lowest BCUT2D eigenvalue weighted by Gasteiger charge is -2.27. The van der Waals surface area contributed by atoms with Crippen LogP contribution in [0.5, 0.6) is 0 Å². The third-order valence-electron chi connectivity index (χ3n) is 2.69. The second-order valence-corrected chi connectivity index (χ2v) is 4.43. The summed E-state index contributed by atoms with van der Waals surface area (Å²) in [5.41, 5.74) is 7.80. The van der Waals surface area contributed by atoms with Crippen molar-refractivity contribution in [2.45, 2.75) is 25.7 Å². The fourth-order valence-electron chi connectivity index (χ4n) is 1.87. The van der Waals surface area contributed by atoms with Gasteiger partial charge in [0, 0.05) is 14.1 Å². The Labute approximate surface area is 89.8 Å². The van der Waals surface area contributed by atoms with Crippen LogP contribution in [-0.4, -0.2) is 30.0 Å². The topological polar surface area (TPSA) is 58.4 Å². The lowest BCUT2D eigenvalue weighted by Crippen LogP contribution is -2.51. The number of nitrogens with one attached hydrogen (secondary N) is 1. The monoisotopic (exact) mass is 215 g/mol. The fourth-order valence-corrected chi connectivity index (χ4v) is 2.17. The van der Waals surface area contributed by atoms with Gasteiger partial charge in [-0.3, -0.25) is 10.2 Å². The Balaban J connectivity index is 2.77. The smallest absolute Gasteiger partial charge is 0.247 e. The van der Waals surface area contributed by atoms with E-state index in [0.29, 0.717) is 4.99 Å². The van der Waals surface area contributed by atoms with Crippen molar-refractivity contribution >= 4 is 23.1 Å². The second-order valence-electron chi connectivity index (χ2n) is 3.99. The van der Waals surface area contributed by atoms with E-state index in [2.05, 4.69) is 5.43 Å². The Kier molecular flexibility index (Phi) is 3.44. The molecule has 1 aliphatic carbocycles. The van der Waals surface area contributed by atoms with Crippen LogP contribution in [0.3, 0.4) is 0 Å². The van der Waals surface area contributed by atoms with Gasteiger partial charge in [0.15, 0.2) is 0 Å². The van der Waals surface area contributed by atoms with Gasteiger partial charge in [0.25, 0.3) is 0 Å². The number of carbonyl (C=O) groups excluding carboxylic acids is 1. The summed E-state index contributed by atoms with van der Waals surface area (Å²) in [4.78, 5) is 12.2. The van der Waals surface area contributed by atoms with Crippen LogP contribution < -0.4 is 11.2 Å². The van der Waals surface area contributed by atoms with E-state index in [1.165, 1.54) is 0 Å². The molecule has 5 heteroatoms. The van der Waals surface area contributed by atoms with Gasteiger partial charge in [-0.15, -0.1) is 0 Å². The van der Waals surface area contributed by atoms with E-state index in [0.717, 1.165) is 25.7 Å². The number of hydrogen-bond donors (Lipinski definition) is 2. The summed E-state index contributed by atoms with van der Waals surface area (Å²) in [6.45, 7) is 0. The average molecular weight is 215 g/mol. The van der Waals surface area contributed by atoms with Gasteiger partial charge in [-0.1, -0.05) is 25.1 Å². The number of carbonyl (C=O) groups is 1. The van der Waals surface area contributed by atoms with Crippen LogP contribution >= 0.6 is 12.2 Å². The first-order valence-electron chi connectivity index (χ1n) is 4.77. The second kappa shape index (κ2) is 4.23. The molecule has 1 aliphatic rings. The van der Waals surface area contributed by atoms with Crippen molar-refractivity contribution < 1.29 is 4.79 Å². The van der Waals surface area contributed by atoms with Crippen LogP contribution in [0.15, 0.2) is 0 Å². The molecule has 0 aromatic carbocycles. The summed E-state index contributed by atoms with van der Waals surface area (Å²) in [5, 5.41) is 1.63. The minimum absolute atomic E-state index is 0.0625. The van der Waals surface area contributed by atoms with Crippen molar-refractivity contribution in [3.8, 4) is 0 Å². The highest BCUT2D eigenvalue weighted by molar-refractivity contribution is 7.80. The van der Waals surface area contributed by atoms with E-state index in [1.807, 2.05) is 0 Å². The molecular formula is C9H17N3OS. The van der Waals surface area contributed by atoms with Crippen LogP contribution in [0.2, 0.25) is 0 Å². The molecule has 1 saturated carbocycles. The zero-order valence-corrected chi connectivity index (χ0v) is 9.49. The lowest BCUT2D eigenvalue weighted by atomic mass is 9.85. The molecule has 0 bridgehead atoms. The Morgan fingerprint density at radius 3 is 2.29 bits per heavy atom. The van der Waals surface area contributed by atoms with E-state index < -0.39 is 5.41 Å². The van der Waals surface area contributed by atoms with E-state index in [9.17, 15) is 4.79 Å². The number of nitrogens with zero attached hydrogens (tertiary/aromatic N) is 1. The maximum Gasteiger partial charge on any atom is 0.247 e. The van der Waals surface area contributed by atoms with Gasteiger partial charge in [0.1, 0.15) is 5.41 Å². The van der Waals surface area contributed by atoms with Gasteiger partial charge in [-0.25, -0.2) is 5.01 Å². The Morgan fingerprint density at radius 2 is 1.93 bits per heavy atom. The summed E-state index contributed by atoms with van der Waals surface area (Å²) < 4.78 is 0. The highest BCUT2D eigenvalue weighted by Gasteiger charge is 2.44. The predicted octanol–water partition coefficient (Wildman–Crippen LogP) is 0.426. The van der Waals surface area contributed by atoms with Gasteiger partial charge in [0.2, 0.25) is 5.91 Å². The zero-order chi connectivity index (χ0) is 10.8. The molecule has 80 valence electrons. The summed E-state index contributed by atoms with van der Waals surface area (Å²) in [7, 11) is 3.56. The van der Waals surface area contributed by atoms with Gasteiger partial charge < -0.3 is 5.73 Å². The van der Waals surface area contributed by atoms with Crippen molar-refractivity contribution in [2.24, 2.45) is 11.1 Å². The largest absolute Gasteiger partial charge is 0.392 e. The summed E-state index contributed by atoms with van der Waals surface area (Å²) in [6, 6.07) is 0. The molecule has 0 heterocycles. The van der Waals surface area contributed by atoms with Gasteiger partial charge >= 0.3 is 0 Å². The Hall–Kier alpha value is -0.680. The van der Waals surface area contributed by atoms with Crippen molar-refractivity contribution in [3.63, 3.8) is 0 Å². The fraction of sp³-hybridized carbons (Fsp3) is 0.778. The molecule has 0 spiro atoms. The molecule has 1 fully saturated rings. The molecule has 14 heavy (non-hydrogen) atoms. The molecule has 0 aliphatic heterocycles. The van der Waals surface area contributed by atoms with Gasteiger partial charge in [0.05, 0.1) is 4.99 Å². The molecular weight excluding hydrogens is 198 g/mol. The highest BCUT2D eigenvalue weighted by Crippen LogP contribution is 2.38. The van der Waals surface area contributed by atoms with Crippen molar-refractivity contribution in [2.75, 3.05) is 14.1 Å². The third kappa shape index (κ3) is 2.04. The summed E-state index contributed by atoms with van der Waals surface area (Å²) >= 11 is 4.99. The zero-order valence-electron chi connectivity index (χ0n) is 8.67. The quantitative estimate of drug-likeness (QED) is 0.529. The van der Waals surface area contributed by atoms with Gasteiger partial charge in [-0.05, 0) is 12.8 Å². The number of hydrazine groups is 1. The first-order chi connectivity index (χ1) is 6.49. The van der Waals surface area contributed by atoms with E-state index in [-0.39, 0.29) is 5.91 Å². The van der Waals surface area contributed by atoms with E-state index in [4.69, 9.17) is 18.0 Å². The number of thiocarbonyl (C=S) groups is 1. The minimum atomic E-state index is -0.598. The van der Waals surface area contributed by atoms with Crippen molar-refractivity contribution in [3.05, 3.63) is 0 Å². The first kappa shape index (κ1) is 11.4. The van der Waals surface area contributed by atoms with Crippen molar-refractivity contribution in [1.29, 1.82) is 0 Å². The molecule has 1 rings (SSSR count). The molecule has 0 atom stereocenters. The van der Waals surface area contributed by atoms with Crippen LogP contribution in [-0.2, 0) is 4.79 Å². The maximum atomic E-state index is 11.9. The Morgan fingerprint density at radius 1 is 1.43 bits per heavy atom. The highest BCUT2D eigenvalue weighted by atomic mass is 32.1. The molecule has 0 unspecified atom stereocenters. The minimum Gasteiger partial charge on any atom is -0.392 e. The van der Waals surface area contributed by atoms with Crippen LogP contribution in [0.1, 0.15) is 25.7 Å². The molecule has 0 radical (unpaired) electrons. The normalized spacial score (nSPS) is 19.6. The predicted molar refractivity (Wildman–Crippen MR) is 59.5 cm³/mol. The summed E-state index contributed by atoms with van der Waals surface area (Å²) in [6.07, 6.45) is 3.61. The standard InChI is InChI=1S/C9H17N3OS/c1-12(2)11-8(13)9(7(10)14)5-3-4-6-9/h3-6H2,1-2H3,(H2,10,14)(H,11,13). The molecule has 4 nitrogen and oxygen atoms in total. The number of nitrogens with two attached hydrogens (primary N) is 1. The van der Waals surface area contributed by atoms with Crippen LogP contribution in [0.4, 0.5) is 0 Å². The number of amides is 1. The average Bonchev–Trinajstić information content (AvgIpc) is 2.51. The molecule has 3 N–H and O–H groups in total. The van der Waals surface area contributed by atoms with Crippen LogP contribution in [0, 0.1) is 5.41 Å². The molecule has 0 saturated heterocycles. The van der Waals surface area contributed by atoms with E-state index >= 15 is 0 Å². The maximum absolute atomic E-state index is 11.9. The third-order valence-corrected chi connectivity index (χ3v) is 3.08.